The zero-order valence-corrected chi connectivity index (χ0v) is 13.5. The minimum atomic E-state index is -0.374. The number of anilines is 1. The number of hydrogen-bond acceptors (Lipinski definition) is 6. The van der Waals surface area contributed by atoms with Gasteiger partial charge < -0.3 is 14.2 Å². The molecule has 0 saturated carbocycles. The van der Waals surface area contributed by atoms with Crippen molar-refractivity contribution >= 4 is 23.4 Å². The average Bonchev–Trinajstić information content (AvgIpc) is 3.20. The molecular formula is C16H15N3O3S. The number of aromatic nitrogens is 2. The van der Waals surface area contributed by atoms with E-state index in [1.807, 2.05) is 31.2 Å². The second-order valence-electron chi connectivity index (χ2n) is 4.97. The van der Waals surface area contributed by atoms with Crippen molar-refractivity contribution in [3.05, 3.63) is 48.2 Å². The lowest BCUT2D eigenvalue weighted by molar-refractivity contribution is -0.115. The Morgan fingerprint density at radius 2 is 2.00 bits per heavy atom. The summed E-state index contributed by atoms with van der Waals surface area (Å²) in [5.74, 6) is 0.668. The molecule has 0 saturated heterocycles. The third-order valence-electron chi connectivity index (χ3n) is 3.10. The van der Waals surface area contributed by atoms with Gasteiger partial charge in [-0.05, 0) is 38.1 Å². The number of rotatable bonds is 5. The third kappa shape index (κ3) is 3.81. The fourth-order valence-corrected chi connectivity index (χ4v) is 2.53. The number of carbonyl (C=O) groups is 1. The Morgan fingerprint density at radius 3 is 2.70 bits per heavy atom. The predicted molar refractivity (Wildman–Crippen MR) is 87.1 cm³/mol. The Bertz CT molecular complexity index is 781. The van der Waals surface area contributed by atoms with Crippen LogP contribution in [0.1, 0.15) is 12.5 Å². The van der Waals surface area contributed by atoms with Crippen LogP contribution in [0.15, 0.2) is 56.7 Å². The Hall–Kier alpha value is -2.54. The van der Waals surface area contributed by atoms with Gasteiger partial charge in [-0.1, -0.05) is 29.5 Å². The van der Waals surface area contributed by atoms with Gasteiger partial charge in [0, 0.05) is 5.69 Å². The molecule has 1 atom stereocenters. The maximum Gasteiger partial charge on any atom is 0.284 e. The highest BCUT2D eigenvalue weighted by molar-refractivity contribution is 8.00. The number of aryl methyl sites for hydroxylation is 1. The van der Waals surface area contributed by atoms with Crippen molar-refractivity contribution < 1.29 is 13.6 Å². The van der Waals surface area contributed by atoms with E-state index in [1.165, 1.54) is 18.0 Å². The van der Waals surface area contributed by atoms with Crippen LogP contribution in [0.2, 0.25) is 0 Å². The molecule has 3 rings (SSSR count). The first-order chi connectivity index (χ1) is 11.1. The molecule has 3 aromatic rings. The fourth-order valence-electron chi connectivity index (χ4n) is 1.84. The number of thioether (sulfide) groups is 1. The van der Waals surface area contributed by atoms with Crippen LogP contribution in [0.3, 0.4) is 0 Å². The predicted octanol–water partition coefficient (Wildman–Crippen LogP) is 3.76. The topological polar surface area (TPSA) is 81.2 Å². The summed E-state index contributed by atoms with van der Waals surface area (Å²) in [5, 5.41) is 10.6. The molecule has 118 valence electrons. The van der Waals surface area contributed by atoms with E-state index in [-0.39, 0.29) is 11.2 Å². The molecule has 0 fully saturated rings. The zero-order valence-electron chi connectivity index (χ0n) is 12.6. The van der Waals surface area contributed by atoms with Gasteiger partial charge in [0.1, 0.15) is 0 Å². The average molecular weight is 329 g/mol. The lowest BCUT2D eigenvalue weighted by atomic mass is 10.2. The van der Waals surface area contributed by atoms with Crippen molar-refractivity contribution in [3.63, 3.8) is 0 Å². The fraction of sp³-hybridized carbons (Fsp3) is 0.188. The van der Waals surface area contributed by atoms with Gasteiger partial charge >= 0.3 is 0 Å². The van der Waals surface area contributed by atoms with Gasteiger partial charge in [-0.25, -0.2) is 0 Å². The molecule has 1 aromatic carbocycles. The van der Waals surface area contributed by atoms with E-state index in [2.05, 4.69) is 15.5 Å². The zero-order chi connectivity index (χ0) is 16.2. The van der Waals surface area contributed by atoms with Crippen LogP contribution in [0.5, 0.6) is 0 Å². The minimum absolute atomic E-state index is 0.128. The van der Waals surface area contributed by atoms with Crippen LogP contribution in [0.25, 0.3) is 11.7 Å². The number of carbonyl (C=O) groups excluding carboxylic acids is 1. The molecule has 0 unspecified atom stereocenters. The monoisotopic (exact) mass is 329 g/mol. The number of benzene rings is 1. The highest BCUT2D eigenvalue weighted by Gasteiger charge is 2.19. The molecule has 0 spiro atoms. The van der Waals surface area contributed by atoms with E-state index in [0.717, 1.165) is 11.3 Å². The first-order valence-electron chi connectivity index (χ1n) is 7.03. The third-order valence-corrected chi connectivity index (χ3v) is 4.04. The normalized spacial score (nSPS) is 12.1. The molecule has 6 nitrogen and oxygen atoms in total. The lowest BCUT2D eigenvalue weighted by Crippen LogP contribution is -2.22. The van der Waals surface area contributed by atoms with Crippen molar-refractivity contribution in [3.8, 4) is 11.7 Å². The Labute approximate surface area is 137 Å². The van der Waals surface area contributed by atoms with Gasteiger partial charge in [0.15, 0.2) is 5.76 Å². The molecule has 0 aliphatic heterocycles. The molecule has 1 amide bonds. The van der Waals surface area contributed by atoms with E-state index in [1.54, 1.807) is 19.1 Å². The van der Waals surface area contributed by atoms with Crippen LogP contribution in [0.4, 0.5) is 5.69 Å². The summed E-state index contributed by atoms with van der Waals surface area (Å²) in [7, 11) is 0. The number of nitrogens with zero attached hydrogens (tertiary/aromatic N) is 2. The number of furan rings is 1. The molecule has 0 radical (unpaired) electrons. The second-order valence-corrected chi connectivity index (χ2v) is 6.26. The summed E-state index contributed by atoms with van der Waals surface area (Å²) < 4.78 is 10.7. The second kappa shape index (κ2) is 6.70. The van der Waals surface area contributed by atoms with Crippen molar-refractivity contribution in [2.24, 2.45) is 0 Å². The van der Waals surface area contributed by atoms with E-state index in [9.17, 15) is 4.79 Å². The van der Waals surface area contributed by atoms with Crippen molar-refractivity contribution in [1.29, 1.82) is 0 Å². The molecule has 0 bridgehead atoms. The highest BCUT2D eigenvalue weighted by Crippen LogP contribution is 2.26. The molecule has 0 aliphatic rings. The Morgan fingerprint density at radius 1 is 1.22 bits per heavy atom. The maximum atomic E-state index is 12.2. The highest BCUT2D eigenvalue weighted by atomic mass is 32.2. The summed E-state index contributed by atoms with van der Waals surface area (Å²) >= 11 is 1.20. The van der Waals surface area contributed by atoms with Gasteiger partial charge in [0.25, 0.3) is 11.1 Å². The number of hydrogen-bond donors (Lipinski definition) is 1. The molecular weight excluding hydrogens is 314 g/mol. The van der Waals surface area contributed by atoms with Gasteiger partial charge in [-0.3, -0.25) is 4.79 Å². The van der Waals surface area contributed by atoms with Gasteiger partial charge in [-0.2, -0.15) is 0 Å². The van der Waals surface area contributed by atoms with Crippen LogP contribution < -0.4 is 5.32 Å². The lowest BCUT2D eigenvalue weighted by Gasteiger charge is -2.09. The maximum absolute atomic E-state index is 12.2. The molecule has 0 aliphatic carbocycles. The van der Waals surface area contributed by atoms with Crippen LogP contribution in [0, 0.1) is 6.92 Å². The van der Waals surface area contributed by atoms with Gasteiger partial charge in [0.2, 0.25) is 5.91 Å². The standard InChI is InChI=1S/C16H15N3O3S/c1-10-5-7-12(8-6-10)17-14(20)11(2)23-16-19-18-15(22-16)13-4-3-9-21-13/h3-9,11H,1-2H3,(H,17,20)/t11-/m0/s1. The van der Waals surface area contributed by atoms with Gasteiger partial charge in [-0.15, -0.1) is 10.2 Å². The number of amides is 1. The van der Waals surface area contributed by atoms with E-state index < -0.39 is 0 Å². The van der Waals surface area contributed by atoms with Crippen LogP contribution in [-0.2, 0) is 4.79 Å². The summed E-state index contributed by atoms with van der Waals surface area (Å²) in [4.78, 5) is 12.2. The quantitative estimate of drug-likeness (QED) is 0.718. The van der Waals surface area contributed by atoms with Crippen LogP contribution >= 0.6 is 11.8 Å². The SMILES string of the molecule is Cc1ccc(NC(=O)[C@H](C)Sc2nnc(-c3ccco3)o2)cc1. The van der Waals surface area contributed by atoms with E-state index in [4.69, 9.17) is 8.83 Å². The van der Waals surface area contributed by atoms with Crippen molar-refractivity contribution in [1.82, 2.24) is 10.2 Å². The minimum Gasteiger partial charge on any atom is -0.459 e. The van der Waals surface area contributed by atoms with E-state index >= 15 is 0 Å². The molecule has 23 heavy (non-hydrogen) atoms. The molecule has 1 N–H and O–H groups in total. The summed E-state index contributed by atoms with van der Waals surface area (Å²) in [6, 6.07) is 11.1. The molecule has 2 heterocycles. The first kappa shape index (κ1) is 15.4. The molecule has 7 heteroatoms. The first-order valence-corrected chi connectivity index (χ1v) is 7.91. The van der Waals surface area contributed by atoms with Crippen LogP contribution in [-0.4, -0.2) is 21.4 Å². The summed E-state index contributed by atoms with van der Waals surface area (Å²) in [5.41, 5.74) is 1.90. The summed E-state index contributed by atoms with van der Waals surface area (Å²) in [6.45, 7) is 3.78. The van der Waals surface area contributed by atoms with Gasteiger partial charge in [0.05, 0.1) is 11.5 Å². The smallest absolute Gasteiger partial charge is 0.284 e. The number of nitrogens with one attached hydrogen (secondary N) is 1. The Kier molecular flexibility index (Phi) is 4.47. The van der Waals surface area contributed by atoms with E-state index in [0.29, 0.717) is 16.9 Å². The van der Waals surface area contributed by atoms with Crippen molar-refractivity contribution in [2.45, 2.75) is 24.3 Å². The Balaban J connectivity index is 1.61. The summed E-state index contributed by atoms with van der Waals surface area (Å²) in [6.07, 6.45) is 1.53. The van der Waals surface area contributed by atoms with Crippen molar-refractivity contribution in [2.75, 3.05) is 5.32 Å². The molecule has 2 aromatic heterocycles. The largest absolute Gasteiger partial charge is 0.459 e.